The second kappa shape index (κ2) is 11.4. The highest BCUT2D eigenvalue weighted by Crippen LogP contribution is 2.21. The molecule has 1 aliphatic heterocycles. The first-order valence-corrected chi connectivity index (χ1v) is 10.3. The first-order chi connectivity index (χ1) is 14.6. The molecule has 6 heteroatoms. The number of benzene rings is 2. The minimum absolute atomic E-state index is 0.155. The van der Waals surface area contributed by atoms with Gasteiger partial charge in [0.15, 0.2) is 0 Å². The van der Waals surface area contributed by atoms with E-state index < -0.39 is 0 Å². The van der Waals surface area contributed by atoms with Crippen LogP contribution < -0.4 is 14.8 Å². The molecule has 1 fully saturated rings. The fourth-order valence-corrected chi connectivity index (χ4v) is 3.26. The molecule has 1 N–H and O–H groups in total. The Bertz CT molecular complexity index is 860. The SMILES string of the molecule is COc1ccc(C)cc1/C=C/C(=O)NCc1cccc(OCCN2CCOCC2)c1. The number of nitrogens with zero attached hydrogens (tertiary/aromatic N) is 1. The van der Waals surface area contributed by atoms with Crippen LogP contribution in [0.3, 0.4) is 0 Å². The van der Waals surface area contributed by atoms with Crippen LogP contribution >= 0.6 is 0 Å². The minimum atomic E-state index is -0.155. The van der Waals surface area contributed by atoms with E-state index in [4.69, 9.17) is 14.2 Å². The summed E-state index contributed by atoms with van der Waals surface area (Å²) in [6.07, 6.45) is 3.30. The summed E-state index contributed by atoms with van der Waals surface area (Å²) in [6.45, 7) is 7.46. The molecule has 2 aromatic carbocycles. The number of amides is 1. The summed E-state index contributed by atoms with van der Waals surface area (Å²) in [6, 6.07) is 13.7. The van der Waals surface area contributed by atoms with E-state index in [-0.39, 0.29) is 5.91 Å². The topological polar surface area (TPSA) is 60.0 Å². The molecule has 2 aromatic rings. The van der Waals surface area contributed by atoms with Crippen molar-refractivity contribution in [2.24, 2.45) is 0 Å². The molecule has 3 rings (SSSR count). The van der Waals surface area contributed by atoms with Crippen LogP contribution in [0.15, 0.2) is 48.5 Å². The molecule has 0 spiro atoms. The smallest absolute Gasteiger partial charge is 0.244 e. The van der Waals surface area contributed by atoms with Crippen molar-refractivity contribution in [3.63, 3.8) is 0 Å². The van der Waals surface area contributed by atoms with Gasteiger partial charge in [-0.25, -0.2) is 0 Å². The summed E-state index contributed by atoms with van der Waals surface area (Å²) in [7, 11) is 1.62. The highest BCUT2D eigenvalue weighted by atomic mass is 16.5. The number of carbonyl (C=O) groups is 1. The Morgan fingerprint density at radius 1 is 1.20 bits per heavy atom. The van der Waals surface area contributed by atoms with E-state index in [9.17, 15) is 4.79 Å². The van der Waals surface area contributed by atoms with Crippen LogP contribution in [0, 0.1) is 6.92 Å². The predicted molar refractivity (Wildman–Crippen MR) is 118 cm³/mol. The van der Waals surface area contributed by atoms with Gasteiger partial charge in [-0.15, -0.1) is 0 Å². The van der Waals surface area contributed by atoms with Gasteiger partial charge >= 0.3 is 0 Å². The van der Waals surface area contributed by atoms with Gasteiger partial charge in [-0.2, -0.15) is 0 Å². The molecule has 1 heterocycles. The fourth-order valence-electron chi connectivity index (χ4n) is 3.26. The molecule has 0 radical (unpaired) electrons. The molecule has 0 atom stereocenters. The molecule has 0 bridgehead atoms. The van der Waals surface area contributed by atoms with Gasteiger partial charge in [-0.05, 0) is 42.8 Å². The number of carbonyl (C=O) groups excluding carboxylic acids is 1. The predicted octanol–water partition coefficient (Wildman–Crippen LogP) is 3.04. The molecule has 1 amide bonds. The van der Waals surface area contributed by atoms with Gasteiger partial charge in [-0.3, -0.25) is 9.69 Å². The van der Waals surface area contributed by atoms with Crippen LogP contribution in [0.25, 0.3) is 6.08 Å². The monoisotopic (exact) mass is 410 g/mol. The number of hydrogen-bond acceptors (Lipinski definition) is 5. The highest BCUT2D eigenvalue weighted by Gasteiger charge is 2.10. The molecule has 1 saturated heterocycles. The molecule has 0 unspecified atom stereocenters. The summed E-state index contributed by atoms with van der Waals surface area (Å²) in [5.74, 6) is 1.40. The second-order valence-electron chi connectivity index (χ2n) is 7.25. The quantitative estimate of drug-likeness (QED) is 0.644. The van der Waals surface area contributed by atoms with Crippen molar-refractivity contribution < 1.29 is 19.0 Å². The maximum Gasteiger partial charge on any atom is 0.244 e. The van der Waals surface area contributed by atoms with E-state index in [2.05, 4.69) is 10.2 Å². The number of rotatable bonds is 9. The first-order valence-electron chi connectivity index (χ1n) is 10.3. The number of hydrogen-bond donors (Lipinski definition) is 1. The van der Waals surface area contributed by atoms with Crippen LogP contribution in [0.1, 0.15) is 16.7 Å². The Kier molecular flexibility index (Phi) is 8.30. The van der Waals surface area contributed by atoms with Crippen LogP contribution in [0.5, 0.6) is 11.5 Å². The molecule has 30 heavy (non-hydrogen) atoms. The zero-order valence-electron chi connectivity index (χ0n) is 17.7. The lowest BCUT2D eigenvalue weighted by molar-refractivity contribution is -0.116. The highest BCUT2D eigenvalue weighted by molar-refractivity contribution is 5.92. The summed E-state index contributed by atoms with van der Waals surface area (Å²) >= 11 is 0. The van der Waals surface area contributed by atoms with Crippen LogP contribution in [0.4, 0.5) is 0 Å². The molecular weight excluding hydrogens is 380 g/mol. The third kappa shape index (κ3) is 6.90. The van der Waals surface area contributed by atoms with Gasteiger partial charge in [0.2, 0.25) is 5.91 Å². The normalized spacial score (nSPS) is 14.6. The summed E-state index contributed by atoms with van der Waals surface area (Å²) in [5.41, 5.74) is 2.98. The molecular formula is C24H30N2O4. The van der Waals surface area contributed by atoms with Crippen molar-refractivity contribution in [1.29, 1.82) is 0 Å². The number of aryl methyl sites for hydroxylation is 1. The van der Waals surface area contributed by atoms with Gasteiger partial charge < -0.3 is 19.5 Å². The van der Waals surface area contributed by atoms with E-state index in [0.29, 0.717) is 13.2 Å². The lowest BCUT2D eigenvalue weighted by Gasteiger charge is -2.26. The second-order valence-corrected chi connectivity index (χ2v) is 7.25. The largest absolute Gasteiger partial charge is 0.496 e. The Balaban J connectivity index is 1.46. The number of ether oxygens (including phenoxy) is 3. The number of methoxy groups -OCH3 is 1. The Hall–Kier alpha value is -2.83. The summed E-state index contributed by atoms with van der Waals surface area (Å²) in [4.78, 5) is 14.6. The van der Waals surface area contributed by atoms with Crippen molar-refractivity contribution in [2.75, 3.05) is 46.6 Å². The molecule has 0 saturated carbocycles. The van der Waals surface area contributed by atoms with Gasteiger partial charge in [-0.1, -0.05) is 23.8 Å². The van der Waals surface area contributed by atoms with E-state index in [1.54, 1.807) is 13.2 Å². The van der Waals surface area contributed by atoms with Crippen LogP contribution in [0.2, 0.25) is 0 Å². The fraction of sp³-hybridized carbons (Fsp3) is 0.375. The van der Waals surface area contributed by atoms with E-state index >= 15 is 0 Å². The van der Waals surface area contributed by atoms with E-state index in [1.165, 1.54) is 6.08 Å². The van der Waals surface area contributed by atoms with Crippen LogP contribution in [-0.2, 0) is 16.1 Å². The lowest BCUT2D eigenvalue weighted by Crippen LogP contribution is -2.38. The van der Waals surface area contributed by atoms with Gasteiger partial charge in [0, 0.05) is 37.8 Å². The van der Waals surface area contributed by atoms with Gasteiger partial charge in [0.1, 0.15) is 18.1 Å². The standard InChI is InChI=1S/C24H30N2O4/c1-19-6-8-23(28-2)21(16-19)7-9-24(27)25-18-20-4-3-5-22(17-20)30-15-12-26-10-13-29-14-11-26/h3-9,16-17H,10-15,18H2,1-2H3,(H,25,27)/b9-7+. The van der Waals surface area contributed by atoms with Crippen molar-refractivity contribution in [2.45, 2.75) is 13.5 Å². The average Bonchev–Trinajstić information content (AvgIpc) is 2.77. The molecule has 0 aliphatic carbocycles. The third-order valence-corrected chi connectivity index (χ3v) is 4.94. The maximum atomic E-state index is 12.2. The van der Waals surface area contributed by atoms with Crippen molar-refractivity contribution in [3.05, 3.63) is 65.2 Å². The number of morpholine rings is 1. The molecule has 160 valence electrons. The third-order valence-electron chi connectivity index (χ3n) is 4.94. The van der Waals surface area contributed by atoms with Crippen LogP contribution in [-0.4, -0.2) is 57.4 Å². The lowest BCUT2D eigenvalue weighted by atomic mass is 10.1. The van der Waals surface area contributed by atoms with E-state index in [1.807, 2.05) is 49.4 Å². The van der Waals surface area contributed by atoms with Gasteiger partial charge in [0.25, 0.3) is 0 Å². The number of nitrogens with one attached hydrogen (secondary N) is 1. The van der Waals surface area contributed by atoms with E-state index in [0.717, 1.165) is 61.0 Å². The Morgan fingerprint density at radius 3 is 2.83 bits per heavy atom. The zero-order chi connectivity index (χ0) is 21.2. The molecule has 0 aromatic heterocycles. The van der Waals surface area contributed by atoms with Crippen molar-refractivity contribution >= 4 is 12.0 Å². The zero-order valence-corrected chi connectivity index (χ0v) is 17.7. The van der Waals surface area contributed by atoms with Gasteiger partial charge in [0.05, 0.1) is 20.3 Å². The average molecular weight is 411 g/mol. The van der Waals surface area contributed by atoms with Crippen molar-refractivity contribution in [3.8, 4) is 11.5 Å². The maximum absolute atomic E-state index is 12.2. The summed E-state index contributed by atoms with van der Waals surface area (Å²) < 4.78 is 16.6. The summed E-state index contributed by atoms with van der Waals surface area (Å²) in [5, 5.41) is 2.91. The first kappa shape index (κ1) is 21.9. The molecule has 6 nitrogen and oxygen atoms in total. The minimum Gasteiger partial charge on any atom is -0.496 e. The van der Waals surface area contributed by atoms with Crippen molar-refractivity contribution in [1.82, 2.24) is 10.2 Å². The Labute approximate surface area is 178 Å². The molecule has 1 aliphatic rings. The Morgan fingerprint density at radius 2 is 2.03 bits per heavy atom.